The molecule has 1 N–H and O–H groups in total. The largest absolute Gasteiger partial charge is 0.495 e. The van der Waals surface area contributed by atoms with Gasteiger partial charge in [-0.3, -0.25) is 4.79 Å². The first-order chi connectivity index (χ1) is 15.6. The molecule has 5 nitrogen and oxygen atoms in total. The van der Waals surface area contributed by atoms with Crippen molar-refractivity contribution in [2.45, 2.75) is 11.3 Å². The highest BCUT2D eigenvalue weighted by atomic mass is 79.9. The molecule has 0 bridgehead atoms. The molecule has 0 heterocycles. The van der Waals surface area contributed by atoms with Gasteiger partial charge in [0.05, 0.1) is 17.2 Å². The van der Waals surface area contributed by atoms with Crippen LogP contribution in [0.25, 0.3) is 6.08 Å². The van der Waals surface area contributed by atoms with Crippen LogP contribution in [0.5, 0.6) is 5.75 Å². The fourth-order valence-corrected chi connectivity index (χ4v) is 5.15. The van der Waals surface area contributed by atoms with Gasteiger partial charge < -0.3 is 4.74 Å². The molecule has 0 saturated heterocycles. The Hall–Kier alpha value is -2.03. The quantitative estimate of drug-likeness (QED) is 0.318. The maximum Gasteiger partial charge on any atom is 0.268 e. The Balaban J connectivity index is 1.83. The van der Waals surface area contributed by atoms with Gasteiger partial charge in [-0.2, -0.15) is 0 Å². The van der Waals surface area contributed by atoms with E-state index < -0.39 is 15.9 Å². The summed E-state index contributed by atoms with van der Waals surface area (Å²) in [6, 6.07) is 15.0. The highest BCUT2D eigenvalue weighted by Crippen LogP contribution is 2.28. The Morgan fingerprint density at radius 3 is 2.48 bits per heavy atom. The lowest BCUT2D eigenvalue weighted by atomic mass is 9.99. The van der Waals surface area contributed by atoms with Gasteiger partial charge in [0.25, 0.3) is 15.9 Å². The Morgan fingerprint density at radius 1 is 1.03 bits per heavy atom. The summed E-state index contributed by atoms with van der Waals surface area (Å²) in [6.07, 6.45) is 3.14. The summed E-state index contributed by atoms with van der Waals surface area (Å²) in [7, 11) is -2.82. The molecule has 10 heteroatoms. The summed E-state index contributed by atoms with van der Waals surface area (Å²) in [4.78, 5) is 12.3. The number of carbonyl (C=O) groups is 1. The van der Waals surface area contributed by atoms with E-state index in [0.29, 0.717) is 31.5 Å². The van der Waals surface area contributed by atoms with E-state index in [1.54, 1.807) is 30.3 Å². The Bertz CT molecular complexity index is 1340. The van der Waals surface area contributed by atoms with Crippen molar-refractivity contribution in [2.75, 3.05) is 7.11 Å². The number of amides is 1. The second-order valence-electron chi connectivity index (χ2n) is 6.87. The number of nitrogens with one attached hydrogen (secondary N) is 1. The summed E-state index contributed by atoms with van der Waals surface area (Å²) < 4.78 is 33.0. The minimum Gasteiger partial charge on any atom is -0.495 e. The van der Waals surface area contributed by atoms with E-state index in [9.17, 15) is 13.2 Å². The van der Waals surface area contributed by atoms with Gasteiger partial charge in [0, 0.05) is 15.6 Å². The number of rotatable bonds is 7. The van der Waals surface area contributed by atoms with Gasteiger partial charge in [0.1, 0.15) is 10.6 Å². The molecular formula is C23H17BrCl3NO4S. The molecule has 0 atom stereocenters. The van der Waals surface area contributed by atoms with Crippen LogP contribution in [-0.4, -0.2) is 21.4 Å². The summed E-state index contributed by atoms with van der Waals surface area (Å²) in [6.45, 7) is 0. The number of sulfonamides is 1. The number of hydrogen-bond donors (Lipinski definition) is 1. The molecule has 0 aliphatic heterocycles. The summed E-state index contributed by atoms with van der Waals surface area (Å²) in [5.41, 5.74) is 2.43. The minimum absolute atomic E-state index is 0.112. The van der Waals surface area contributed by atoms with Gasteiger partial charge in [-0.05, 0) is 71.7 Å². The second-order valence-corrected chi connectivity index (χ2v) is 10.7. The number of ether oxygens (including phenoxy) is 1. The van der Waals surface area contributed by atoms with Crippen molar-refractivity contribution in [3.63, 3.8) is 0 Å². The van der Waals surface area contributed by atoms with Gasteiger partial charge in [-0.1, -0.05) is 62.9 Å². The zero-order valence-corrected chi connectivity index (χ0v) is 21.8. The lowest BCUT2D eigenvalue weighted by Gasteiger charge is -2.10. The van der Waals surface area contributed by atoms with Crippen LogP contribution in [0.15, 0.2) is 70.0 Å². The van der Waals surface area contributed by atoms with E-state index in [4.69, 9.17) is 39.5 Å². The Morgan fingerprint density at radius 2 is 1.79 bits per heavy atom. The predicted molar refractivity (Wildman–Crippen MR) is 136 cm³/mol. The van der Waals surface area contributed by atoms with Crippen LogP contribution < -0.4 is 9.46 Å². The summed E-state index contributed by atoms with van der Waals surface area (Å²) >= 11 is 21.4. The third-order valence-electron chi connectivity index (χ3n) is 4.55. The summed E-state index contributed by atoms with van der Waals surface area (Å²) in [5.74, 6) is -0.710. The minimum atomic E-state index is -4.16. The molecule has 3 rings (SSSR count). The van der Waals surface area contributed by atoms with Crippen LogP contribution in [0, 0.1) is 0 Å². The van der Waals surface area contributed by atoms with E-state index in [1.807, 2.05) is 16.9 Å². The number of halogens is 4. The maximum absolute atomic E-state index is 12.7. The van der Waals surface area contributed by atoms with Gasteiger partial charge in [0.2, 0.25) is 0 Å². The van der Waals surface area contributed by atoms with Crippen molar-refractivity contribution in [1.82, 2.24) is 4.72 Å². The number of benzene rings is 3. The van der Waals surface area contributed by atoms with Crippen LogP contribution in [0.3, 0.4) is 0 Å². The van der Waals surface area contributed by atoms with Crippen molar-refractivity contribution in [3.05, 3.63) is 96.9 Å². The maximum atomic E-state index is 12.7. The van der Waals surface area contributed by atoms with Crippen molar-refractivity contribution in [3.8, 4) is 5.75 Å². The second kappa shape index (κ2) is 10.9. The van der Waals surface area contributed by atoms with Crippen molar-refractivity contribution in [1.29, 1.82) is 0 Å². The zero-order chi connectivity index (χ0) is 24.2. The molecular weight excluding hydrogens is 573 g/mol. The Labute approximate surface area is 215 Å². The average molecular weight is 590 g/mol. The third kappa shape index (κ3) is 6.74. The smallest absolute Gasteiger partial charge is 0.268 e. The zero-order valence-electron chi connectivity index (χ0n) is 17.1. The van der Waals surface area contributed by atoms with Gasteiger partial charge >= 0.3 is 0 Å². The molecule has 3 aromatic rings. The van der Waals surface area contributed by atoms with Crippen LogP contribution in [0.4, 0.5) is 0 Å². The van der Waals surface area contributed by atoms with Crippen LogP contribution >= 0.6 is 50.7 Å². The van der Waals surface area contributed by atoms with Gasteiger partial charge in [-0.15, -0.1) is 0 Å². The fraction of sp³-hybridized carbons (Fsp3) is 0.0870. The molecule has 0 unspecified atom stereocenters. The average Bonchev–Trinajstić information content (AvgIpc) is 2.76. The van der Waals surface area contributed by atoms with Gasteiger partial charge in [-0.25, -0.2) is 13.1 Å². The summed E-state index contributed by atoms with van der Waals surface area (Å²) in [5, 5.41) is 1.36. The first-order valence-corrected chi connectivity index (χ1v) is 12.8. The molecule has 172 valence electrons. The molecule has 0 aliphatic rings. The topological polar surface area (TPSA) is 72.5 Å². The Kier molecular flexibility index (Phi) is 8.48. The SMILES string of the molecule is COc1ccc(Br)cc1S(=O)(=O)NC(=O)/C=C/c1cc(Cl)ccc1Cc1ccc(Cl)c(Cl)c1. The molecule has 33 heavy (non-hydrogen) atoms. The molecule has 0 spiro atoms. The number of hydrogen-bond acceptors (Lipinski definition) is 4. The molecule has 0 radical (unpaired) electrons. The monoisotopic (exact) mass is 587 g/mol. The van der Waals surface area contributed by atoms with Crippen LogP contribution in [0.1, 0.15) is 16.7 Å². The van der Waals surface area contributed by atoms with Crippen LogP contribution in [-0.2, 0) is 21.2 Å². The first kappa shape index (κ1) is 25.6. The van der Waals surface area contributed by atoms with Gasteiger partial charge in [0.15, 0.2) is 0 Å². The molecule has 0 aromatic heterocycles. The van der Waals surface area contributed by atoms with E-state index in [1.165, 1.54) is 25.3 Å². The molecule has 0 fully saturated rings. The number of carbonyl (C=O) groups excluding carboxylic acids is 1. The van der Waals surface area contributed by atoms with Crippen molar-refractivity contribution >= 4 is 72.7 Å². The molecule has 0 saturated carbocycles. The van der Waals surface area contributed by atoms with E-state index in [-0.39, 0.29) is 10.6 Å². The standard InChI is InChI=1S/C23H17BrCl3NO4S/c1-32-21-8-5-17(24)13-22(21)33(30,31)28-23(29)9-4-16-12-18(25)6-3-15(16)10-14-2-7-19(26)20(27)11-14/h2-9,11-13H,10H2,1H3,(H,28,29)/b9-4+. The van der Waals surface area contributed by atoms with Crippen molar-refractivity contribution < 1.29 is 17.9 Å². The normalized spacial score (nSPS) is 11.5. The highest BCUT2D eigenvalue weighted by molar-refractivity contribution is 9.10. The highest BCUT2D eigenvalue weighted by Gasteiger charge is 2.21. The predicted octanol–water partition coefficient (Wildman–Crippen LogP) is 6.53. The third-order valence-corrected chi connectivity index (χ3v) is 7.39. The number of methoxy groups -OCH3 is 1. The molecule has 1 amide bonds. The first-order valence-electron chi connectivity index (χ1n) is 9.40. The van der Waals surface area contributed by atoms with E-state index in [2.05, 4.69) is 15.9 Å². The fourth-order valence-electron chi connectivity index (χ4n) is 3.00. The van der Waals surface area contributed by atoms with E-state index in [0.717, 1.165) is 17.2 Å². The van der Waals surface area contributed by atoms with E-state index >= 15 is 0 Å². The lowest BCUT2D eigenvalue weighted by molar-refractivity contribution is -0.114. The molecule has 3 aromatic carbocycles. The lowest BCUT2D eigenvalue weighted by Crippen LogP contribution is -2.29. The van der Waals surface area contributed by atoms with Crippen molar-refractivity contribution in [2.24, 2.45) is 0 Å². The van der Waals surface area contributed by atoms with Crippen LogP contribution in [0.2, 0.25) is 15.1 Å². The molecule has 0 aliphatic carbocycles.